The van der Waals surface area contributed by atoms with Crippen molar-refractivity contribution in [3.05, 3.63) is 60.3 Å². The van der Waals surface area contributed by atoms with E-state index in [9.17, 15) is 0 Å². The van der Waals surface area contributed by atoms with E-state index in [2.05, 4.69) is 64.0 Å². The number of rotatable bonds is 1. The number of para-hydroxylation sites is 1. The van der Waals surface area contributed by atoms with Crippen molar-refractivity contribution < 1.29 is 0 Å². The maximum Gasteiger partial charge on any atom is 0.201 e. The van der Waals surface area contributed by atoms with Gasteiger partial charge in [-0.25, -0.2) is 4.98 Å². The highest BCUT2D eigenvalue weighted by Crippen LogP contribution is 2.39. The normalized spacial score (nSPS) is 13.8. The number of fused-ring (bicyclic) bond motifs is 2. The molecule has 2 aromatic carbocycles. The number of benzene rings is 2. The number of anilines is 1. The van der Waals surface area contributed by atoms with Gasteiger partial charge >= 0.3 is 0 Å². The highest BCUT2D eigenvalue weighted by Gasteiger charge is 2.16. The molecule has 0 saturated carbocycles. The largest absolute Gasteiger partial charge is 0.262 e. The Hall–Kier alpha value is -1.78. The van der Waals surface area contributed by atoms with Crippen molar-refractivity contribution in [1.29, 1.82) is 0 Å². The lowest BCUT2D eigenvalue weighted by molar-refractivity contribution is 1.32. The molecule has 0 N–H and O–H groups in total. The van der Waals surface area contributed by atoms with Crippen LogP contribution in [0.5, 0.6) is 0 Å². The van der Waals surface area contributed by atoms with Gasteiger partial charge in [0.2, 0.25) is 5.13 Å². The van der Waals surface area contributed by atoms with E-state index in [0.717, 1.165) is 10.6 Å². The Kier molecular flexibility index (Phi) is 2.57. The molecule has 1 aliphatic rings. The molecule has 0 radical (unpaired) electrons. The molecule has 4 heteroatoms. The minimum Gasteiger partial charge on any atom is -0.262 e. The first-order valence-electron chi connectivity index (χ1n) is 6.00. The zero-order valence-electron chi connectivity index (χ0n) is 9.98. The first-order chi connectivity index (χ1) is 9.40. The third-order valence-corrected chi connectivity index (χ3v) is 5.19. The molecular weight excluding hydrogens is 272 g/mol. The van der Waals surface area contributed by atoms with Crippen LogP contribution in [0.25, 0.3) is 16.3 Å². The Morgan fingerprint density at radius 3 is 2.74 bits per heavy atom. The van der Waals surface area contributed by atoms with Crippen molar-refractivity contribution in [3.63, 3.8) is 0 Å². The van der Waals surface area contributed by atoms with Crippen molar-refractivity contribution in [2.45, 2.75) is 4.90 Å². The Morgan fingerprint density at radius 2 is 1.79 bits per heavy atom. The van der Waals surface area contributed by atoms with Crippen LogP contribution in [0.4, 0.5) is 5.13 Å². The molecule has 0 atom stereocenters. The van der Waals surface area contributed by atoms with Gasteiger partial charge in [-0.05, 0) is 41.8 Å². The SMILES string of the molecule is C1=CN(c2nc3ccccc3s2)Sc2ccccc21. The van der Waals surface area contributed by atoms with Crippen LogP contribution in [0.2, 0.25) is 0 Å². The summed E-state index contributed by atoms with van der Waals surface area (Å²) in [6.07, 6.45) is 4.22. The van der Waals surface area contributed by atoms with Gasteiger partial charge in [0.15, 0.2) is 0 Å². The molecule has 1 aliphatic heterocycles. The molecule has 0 unspecified atom stereocenters. The molecule has 0 saturated heterocycles. The Morgan fingerprint density at radius 1 is 0.947 bits per heavy atom. The molecule has 2 nitrogen and oxygen atoms in total. The maximum absolute atomic E-state index is 4.68. The third-order valence-electron chi connectivity index (χ3n) is 2.98. The van der Waals surface area contributed by atoms with Gasteiger partial charge in [-0.3, -0.25) is 4.31 Å². The third kappa shape index (κ3) is 1.93. The highest BCUT2D eigenvalue weighted by atomic mass is 32.2. The summed E-state index contributed by atoms with van der Waals surface area (Å²) in [6.45, 7) is 0. The summed E-state index contributed by atoms with van der Waals surface area (Å²) < 4.78 is 3.36. The first-order valence-corrected chi connectivity index (χ1v) is 7.59. The van der Waals surface area contributed by atoms with E-state index in [1.807, 2.05) is 6.07 Å². The Bertz CT molecular complexity index is 743. The summed E-state index contributed by atoms with van der Waals surface area (Å²) in [5.74, 6) is 0. The van der Waals surface area contributed by atoms with Crippen molar-refractivity contribution in [2.24, 2.45) is 0 Å². The van der Waals surface area contributed by atoms with Gasteiger partial charge in [0, 0.05) is 11.1 Å². The fourth-order valence-corrected chi connectivity index (χ4v) is 3.96. The summed E-state index contributed by atoms with van der Waals surface area (Å²) >= 11 is 3.44. The van der Waals surface area contributed by atoms with E-state index in [-0.39, 0.29) is 0 Å². The van der Waals surface area contributed by atoms with Crippen LogP contribution in [0.3, 0.4) is 0 Å². The second kappa shape index (κ2) is 4.40. The molecular formula is C15H10N2S2. The standard InChI is InChI=1S/C15H10N2S2/c1-3-7-13-11(5-1)9-10-17(19-13)15-16-12-6-2-4-8-14(12)18-15/h1-10H. The van der Waals surface area contributed by atoms with E-state index in [1.54, 1.807) is 23.3 Å². The molecule has 1 aromatic heterocycles. The quantitative estimate of drug-likeness (QED) is 0.597. The summed E-state index contributed by atoms with van der Waals surface area (Å²) in [5.41, 5.74) is 2.33. The van der Waals surface area contributed by atoms with E-state index in [1.165, 1.54) is 15.2 Å². The predicted molar refractivity (Wildman–Crippen MR) is 83.4 cm³/mol. The van der Waals surface area contributed by atoms with Crippen LogP contribution < -0.4 is 4.31 Å². The number of hydrogen-bond acceptors (Lipinski definition) is 4. The van der Waals surface area contributed by atoms with E-state index >= 15 is 0 Å². The molecule has 3 aromatic rings. The van der Waals surface area contributed by atoms with E-state index < -0.39 is 0 Å². The van der Waals surface area contributed by atoms with Gasteiger partial charge in [0.25, 0.3) is 0 Å². The van der Waals surface area contributed by atoms with Crippen molar-refractivity contribution in [1.82, 2.24) is 4.98 Å². The average molecular weight is 282 g/mol. The zero-order valence-corrected chi connectivity index (χ0v) is 11.6. The van der Waals surface area contributed by atoms with Crippen LogP contribution in [0.15, 0.2) is 59.6 Å². The molecule has 0 amide bonds. The average Bonchev–Trinajstić information content (AvgIpc) is 2.90. The molecule has 0 fully saturated rings. The summed E-state index contributed by atoms with van der Waals surface area (Å²) in [7, 11) is 0. The van der Waals surface area contributed by atoms with Crippen molar-refractivity contribution in [3.8, 4) is 0 Å². The molecule has 19 heavy (non-hydrogen) atoms. The summed E-state index contributed by atoms with van der Waals surface area (Å²) in [6, 6.07) is 16.7. The molecule has 0 bridgehead atoms. The Balaban J connectivity index is 1.75. The van der Waals surface area contributed by atoms with Gasteiger partial charge in [0.1, 0.15) is 0 Å². The van der Waals surface area contributed by atoms with Gasteiger partial charge in [-0.1, -0.05) is 41.7 Å². The lowest BCUT2D eigenvalue weighted by Gasteiger charge is -2.20. The summed E-state index contributed by atoms with van der Waals surface area (Å²) in [4.78, 5) is 5.95. The topological polar surface area (TPSA) is 16.1 Å². The highest BCUT2D eigenvalue weighted by molar-refractivity contribution is 8.01. The fraction of sp³-hybridized carbons (Fsp3) is 0. The molecule has 0 aliphatic carbocycles. The van der Waals surface area contributed by atoms with E-state index in [4.69, 9.17) is 0 Å². The van der Waals surface area contributed by atoms with Crippen molar-refractivity contribution in [2.75, 3.05) is 4.31 Å². The molecule has 92 valence electrons. The van der Waals surface area contributed by atoms with Crippen LogP contribution in [-0.4, -0.2) is 4.98 Å². The maximum atomic E-state index is 4.68. The second-order valence-electron chi connectivity index (χ2n) is 4.23. The monoisotopic (exact) mass is 282 g/mol. The number of hydrogen-bond donors (Lipinski definition) is 0. The first kappa shape index (κ1) is 11.1. The fourth-order valence-electron chi connectivity index (χ4n) is 2.04. The van der Waals surface area contributed by atoms with Gasteiger partial charge in [-0.2, -0.15) is 0 Å². The summed E-state index contributed by atoms with van der Waals surface area (Å²) in [5, 5.41) is 1.02. The molecule has 4 rings (SSSR count). The van der Waals surface area contributed by atoms with Gasteiger partial charge in [0.05, 0.1) is 10.2 Å². The van der Waals surface area contributed by atoms with Crippen LogP contribution in [0, 0.1) is 0 Å². The van der Waals surface area contributed by atoms with Crippen LogP contribution >= 0.6 is 23.3 Å². The number of nitrogens with zero attached hydrogens (tertiary/aromatic N) is 2. The molecule has 0 spiro atoms. The van der Waals surface area contributed by atoms with Gasteiger partial charge in [-0.15, -0.1) is 0 Å². The predicted octanol–water partition coefficient (Wildman–Crippen LogP) is 4.79. The second-order valence-corrected chi connectivity index (χ2v) is 6.26. The van der Waals surface area contributed by atoms with Crippen molar-refractivity contribution >= 4 is 44.7 Å². The number of thiazole rings is 1. The number of aromatic nitrogens is 1. The minimum atomic E-state index is 1.02. The zero-order chi connectivity index (χ0) is 12.7. The smallest absolute Gasteiger partial charge is 0.201 e. The Labute approximate surface area is 119 Å². The van der Waals surface area contributed by atoms with Gasteiger partial charge < -0.3 is 0 Å². The lowest BCUT2D eigenvalue weighted by atomic mass is 10.2. The van der Waals surface area contributed by atoms with Crippen LogP contribution in [-0.2, 0) is 0 Å². The van der Waals surface area contributed by atoms with Crippen LogP contribution in [0.1, 0.15) is 5.56 Å². The minimum absolute atomic E-state index is 1.02. The molecule has 2 heterocycles. The lowest BCUT2D eigenvalue weighted by Crippen LogP contribution is -2.08. The van der Waals surface area contributed by atoms with E-state index in [0.29, 0.717) is 0 Å².